The number of aromatic nitrogens is 2. The van der Waals surface area contributed by atoms with Gasteiger partial charge < -0.3 is 14.8 Å². The summed E-state index contributed by atoms with van der Waals surface area (Å²) in [5, 5.41) is 4.03. The number of sulfonamides is 1. The molecule has 0 aliphatic heterocycles. The Labute approximate surface area is 266 Å². The summed E-state index contributed by atoms with van der Waals surface area (Å²) in [5.41, 5.74) is 3.39. The highest BCUT2D eigenvalue weighted by Gasteiger charge is 2.43. The molecule has 14 heteroatoms. The molecule has 47 heavy (non-hydrogen) atoms. The van der Waals surface area contributed by atoms with Gasteiger partial charge in [0, 0.05) is 36.1 Å². The highest BCUT2D eigenvalue weighted by atomic mass is 32.2. The number of nitrogens with one attached hydrogen (secondary N) is 1. The Hall–Kier alpha value is -4.82. The summed E-state index contributed by atoms with van der Waals surface area (Å²) in [6.07, 6.45) is 2.18. The van der Waals surface area contributed by atoms with E-state index in [1.807, 2.05) is 30.3 Å². The van der Waals surface area contributed by atoms with E-state index in [1.54, 1.807) is 44.6 Å². The Morgan fingerprint density at radius 1 is 0.830 bits per heavy atom. The van der Waals surface area contributed by atoms with Gasteiger partial charge in [0.2, 0.25) is 15.8 Å². The molecule has 1 fully saturated rings. The smallest absolute Gasteiger partial charge is 0.249 e. The van der Waals surface area contributed by atoms with Crippen LogP contribution in [0.4, 0.5) is 27.8 Å². The van der Waals surface area contributed by atoms with Gasteiger partial charge in [-0.2, -0.15) is 4.31 Å². The number of methoxy groups -OCH3 is 2. The fourth-order valence-corrected chi connectivity index (χ4v) is 7.07. The Kier molecular flexibility index (Phi) is 8.72. The first kappa shape index (κ1) is 32.1. The molecule has 1 aliphatic rings. The minimum atomic E-state index is -5.11. The summed E-state index contributed by atoms with van der Waals surface area (Å²) in [5.74, 6) is -10.0. The molecule has 4 aromatic carbocycles. The van der Waals surface area contributed by atoms with Gasteiger partial charge in [-0.3, -0.25) is 0 Å². The lowest BCUT2D eigenvalue weighted by molar-refractivity contribution is 0.346. The lowest BCUT2D eigenvalue weighted by Crippen LogP contribution is -2.34. The van der Waals surface area contributed by atoms with Crippen LogP contribution >= 0.6 is 0 Å². The molecule has 1 heterocycles. The first-order chi connectivity index (χ1) is 22.5. The molecule has 1 aliphatic carbocycles. The molecule has 0 unspecified atom stereocenters. The van der Waals surface area contributed by atoms with Crippen molar-refractivity contribution in [2.75, 3.05) is 19.5 Å². The van der Waals surface area contributed by atoms with Crippen molar-refractivity contribution in [3.05, 3.63) is 107 Å². The van der Waals surface area contributed by atoms with Gasteiger partial charge in [-0.15, -0.1) is 0 Å². The third-order valence-electron chi connectivity index (χ3n) is 7.86. The molecular formula is C33H27F5N4O4S. The molecule has 0 amide bonds. The Bertz CT molecular complexity index is 2080. The summed E-state index contributed by atoms with van der Waals surface area (Å²) < 4.78 is 109. The summed E-state index contributed by atoms with van der Waals surface area (Å²) >= 11 is 0. The van der Waals surface area contributed by atoms with E-state index in [0.29, 0.717) is 58.7 Å². The average Bonchev–Trinajstić information content (AvgIpc) is 3.93. The fourth-order valence-electron chi connectivity index (χ4n) is 5.28. The predicted molar refractivity (Wildman–Crippen MR) is 164 cm³/mol. The standard InChI is InChI=1S/C33H27F5N4O4S/c1-45-23-10-6-21(26(14-23)46-2)15-39-33-24-13-20(7-11-25(24)40-17-41-33)19-5-3-4-18(12-19)16-42(22-8-9-22)47(43,44)32-30(37)28(35)27(34)29(36)31(32)38/h3-7,10-14,17,22H,8-9,15-16H2,1-2H3,(H,39,40,41). The number of nitrogens with zero attached hydrogens (tertiary/aromatic N) is 3. The number of anilines is 1. The van der Waals surface area contributed by atoms with E-state index in [0.717, 1.165) is 15.4 Å². The zero-order valence-corrected chi connectivity index (χ0v) is 25.8. The van der Waals surface area contributed by atoms with Crippen molar-refractivity contribution in [2.45, 2.75) is 36.9 Å². The van der Waals surface area contributed by atoms with Gasteiger partial charge in [-0.25, -0.2) is 40.3 Å². The van der Waals surface area contributed by atoms with E-state index >= 15 is 0 Å². The van der Waals surface area contributed by atoms with Gasteiger partial charge >= 0.3 is 0 Å². The fraction of sp³-hybridized carbons (Fsp3) is 0.212. The van der Waals surface area contributed by atoms with Crippen LogP contribution in [0.5, 0.6) is 11.5 Å². The molecule has 0 bridgehead atoms. The number of ether oxygens (including phenoxy) is 2. The van der Waals surface area contributed by atoms with E-state index in [-0.39, 0.29) is 6.54 Å². The SMILES string of the molecule is COc1ccc(CNc2ncnc3ccc(-c4cccc(CN(C5CC5)S(=O)(=O)c5c(F)c(F)c(F)c(F)c5F)c4)cc23)c(OC)c1. The lowest BCUT2D eigenvalue weighted by Gasteiger charge is -2.23. The van der Waals surface area contributed by atoms with Crippen molar-refractivity contribution >= 4 is 26.7 Å². The van der Waals surface area contributed by atoms with Crippen molar-refractivity contribution < 1.29 is 39.8 Å². The van der Waals surface area contributed by atoms with Crippen LogP contribution < -0.4 is 14.8 Å². The van der Waals surface area contributed by atoms with E-state index in [4.69, 9.17) is 9.47 Å². The molecule has 0 radical (unpaired) electrons. The van der Waals surface area contributed by atoms with Crippen LogP contribution in [0.1, 0.15) is 24.0 Å². The highest BCUT2D eigenvalue weighted by molar-refractivity contribution is 7.89. The molecule has 0 atom stereocenters. The second-order valence-electron chi connectivity index (χ2n) is 10.9. The van der Waals surface area contributed by atoms with Gasteiger partial charge in [0.25, 0.3) is 0 Å². The van der Waals surface area contributed by atoms with Crippen molar-refractivity contribution in [2.24, 2.45) is 0 Å². The minimum absolute atomic E-state index is 0.354. The number of benzene rings is 4. The van der Waals surface area contributed by atoms with Gasteiger partial charge in [0.1, 0.15) is 23.6 Å². The molecule has 8 nitrogen and oxygen atoms in total. The van der Waals surface area contributed by atoms with Crippen molar-refractivity contribution in [3.8, 4) is 22.6 Å². The Morgan fingerprint density at radius 2 is 1.53 bits per heavy atom. The van der Waals surface area contributed by atoms with E-state index < -0.39 is 50.0 Å². The molecule has 0 spiro atoms. The topological polar surface area (TPSA) is 93.6 Å². The molecule has 0 saturated heterocycles. The monoisotopic (exact) mass is 670 g/mol. The molecule has 1 N–H and O–H groups in total. The Morgan fingerprint density at radius 3 is 2.21 bits per heavy atom. The average molecular weight is 671 g/mol. The van der Waals surface area contributed by atoms with Crippen molar-refractivity contribution in [1.29, 1.82) is 0 Å². The van der Waals surface area contributed by atoms with Crippen LogP contribution in [-0.4, -0.2) is 43.0 Å². The van der Waals surface area contributed by atoms with Crippen LogP contribution in [0.3, 0.4) is 0 Å². The molecule has 1 saturated carbocycles. The number of hydrogen-bond acceptors (Lipinski definition) is 7. The normalized spacial score (nSPS) is 13.3. The van der Waals surface area contributed by atoms with E-state index in [9.17, 15) is 30.4 Å². The summed E-state index contributed by atoms with van der Waals surface area (Å²) in [4.78, 5) is 6.91. The molecule has 1 aromatic heterocycles. The number of hydrogen-bond donors (Lipinski definition) is 1. The van der Waals surface area contributed by atoms with Crippen LogP contribution in [0.25, 0.3) is 22.0 Å². The molecule has 6 rings (SSSR count). The first-order valence-corrected chi connectivity index (χ1v) is 15.8. The first-order valence-electron chi connectivity index (χ1n) is 14.4. The summed E-state index contributed by atoms with van der Waals surface area (Å²) in [7, 11) is -1.98. The zero-order valence-electron chi connectivity index (χ0n) is 25.0. The quantitative estimate of drug-likeness (QED) is 0.0922. The van der Waals surface area contributed by atoms with E-state index in [2.05, 4.69) is 15.3 Å². The van der Waals surface area contributed by atoms with E-state index in [1.165, 1.54) is 6.33 Å². The lowest BCUT2D eigenvalue weighted by atomic mass is 10.0. The molecule has 5 aromatic rings. The molecular weight excluding hydrogens is 643 g/mol. The van der Waals surface area contributed by atoms with Crippen molar-refractivity contribution in [3.63, 3.8) is 0 Å². The zero-order chi connectivity index (χ0) is 33.5. The maximum absolute atomic E-state index is 14.6. The highest BCUT2D eigenvalue weighted by Crippen LogP contribution is 2.37. The van der Waals surface area contributed by atoms with Gasteiger partial charge in [0.15, 0.2) is 28.2 Å². The molecule has 244 valence electrons. The maximum atomic E-state index is 14.6. The van der Waals surface area contributed by atoms with Gasteiger partial charge in [0.05, 0.1) is 19.7 Å². The Balaban J connectivity index is 1.30. The maximum Gasteiger partial charge on any atom is 0.249 e. The van der Waals surface area contributed by atoms with Gasteiger partial charge in [-0.1, -0.05) is 24.3 Å². The second kappa shape index (κ2) is 12.8. The summed E-state index contributed by atoms with van der Waals surface area (Å²) in [6, 6.07) is 17.1. The number of halogens is 5. The van der Waals surface area contributed by atoms with Crippen LogP contribution in [0.2, 0.25) is 0 Å². The predicted octanol–water partition coefficient (Wildman–Crippen LogP) is 6.97. The van der Waals surface area contributed by atoms with Crippen LogP contribution in [0, 0.1) is 29.1 Å². The second-order valence-corrected chi connectivity index (χ2v) is 12.7. The minimum Gasteiger partial charge on any atom is -0.497 e. The van der Waals surface area contributed by atoms with Crippen molar-refractivity contribution in [1.82, 2.24) is 14.3 Å². The third-order valence-corrected chi connectivity index (χ3v) is 9.78. The largest absolute Gasteiger partial charge is 0.497 e. The summed E-state index contributed by atoms with van der Waals surface area (Å²) in [6.45, 7) is 0.0288. The number of fused-ring (bicyclic) bond motifs is 1. The van der Waals surface area contributed by atoms with Crippen LogP contribution in [-0.2, 0) is 23.1 Å². The van der Waals surface area contributed by atoms with Crippen LogP contribution in [0.15, 0.2) is 71.9 Å². The third kappa shape index (κ3) is 6.17. The number of rotatable bonds is 11. The van der Waals surface area contributed by atoms with Gasteiger partial charge in [-0.05, 0) is 59.9 Å².